The van der Waals surface area contributed by atoms with Crippen molar-refractivity contribution in [2.45, 2.75) is 25.9 Å². The van der Waals surface area contributed by atoms with E-state index in [9.17, 15) is 0 Å². The first kappa shape index (κ1) is 12.2. The summed E-state index contributed by atoms with van der Waals surface area (Å²) in [7, 11) is 0. The van der Waals surface area contributed by atoms with Gasteiger partial charge in [0.2, 0.25) is 0 Å². The van der Waals surface area contributed by atoms with Gasteiger partial charge in [0.25, 0.3) is 0 Å². The predicted molar refractivity (Wildman–Crippen MR) is 74.0 cm³/mol. The largest absolute Gasteiger partial charge is 0.303 e. The van der Waals surface area contributed by atoms with Crippen LogP contribution in [0.1, 0.15) is 29.3 Å². The molecule has 0 aromatic carbocycles. The summed E-state index contributed by atoms with van der Waals surface area (Å²) < 4.78 is 1.16. The summed E-state index contributed by atoms with van der Waals surface area (Å²) in [5.74, 6) is 0. The molecule has 2 heterocycles. The number of halogens is 1. The maximum Gasteiger partial charge on any atom is 0.109 e. The molecule has 16 heavy (non-hydrogen) atoms. The summed E-state index contributed by atoms with van der Waals surface area (Å²) in [5, 5.41) is 8.86. The van der Waals surface area contributed by atoms with Crippen LogP contribution in [0.3, 0.4) is 0 Å². The van der Waals surface area contributed by atoms with Gasteiger partial charge in [-0.2, -0.15) is 0 Å². The second kappa shape index (κ2) is 5.91. The van der Waals surface area contributed by atoms with Gasteiger partial charge in [-0.15, -0.1) is 22.7 Å². The molecule has 0 bridgehead atoms. The molecule has 0 radical (unpaired) electrons. The summed E-state index contributed by atoms with van der Waals surface area (Å²) >= 11 is 6.96. The van der Waals surface area contributed by atoms with Crippen LogP contribution >= 0.6 is 38.6 Å². The molecular weight excluding hydrogens is 304 g/mol. The lowest BCUT2D eigenvalue weighted by atomic mass is 10.2. The zero-order chi connectivity index (χ0) is 11.4. The molecule has 0 aliphatic rings. The van der Waals surface area contributed by atoms with Crippen LogP contribution in [0.25, 0.3) is 0 Å². The summed E-state index contributed by atoms with van der Waals surface area (Å²) in [6.45, 7) is 3.09. The Morgan fingerprint density at radius 1 is 1.50 bits per heavy atom. The van der Waals surface area contributed by atoms with Gasteiger partial charge in [-0.3, -0.25) is 0 Å². The van der Waals surface area contributed by atoms with Crippen molar-refractivity contribution >= 4 is 38.6 Å². The molecule has 0 aliphatic heterocycles. The average molecular weight is 317 g/mol. The first-order chi connectivity index (χ1) is 7.79. The molecule has 86 valence electrons. The van der Waals surface area contributed by atoms with Crippen molar-refractivity contribution in [2.24, 2.45) is 0 Å². The molecule has 1 N–H and O–H groups in total. The van der Waals surface area contributed by atoms with Crippen LogP contribution in [-0.4, -0.2) is 4.98 Å². The van der Waals surface area contributed by atoms with E-state index in [1.165, 1.54) is 9.88 Å². The van der Waals surface area contributed by atoms with Crippen LogP contribution in [-0.2, 0) is 6.54 Å². The van der Waals surface area contributed by atoms with Gasteiger partial charge in [0.05, 0.1) is 6.04 Å². The van der Waals surface area contributed by atoms with Gasteiger partial charge in [0, 0.05) is 32.9 Å². The van der Waals surface area contributed by atoms with Gasteiger partial charge in [0.1, 0.15) is 5.01 Å². The summed E-state index contributed by atoms with van der Waals surface area (Å²) in [6, 6.07) is 2.53. The van der Waals surface area contributed by atoms with E-state index in [4.69, 9.17) is 0 Å². The van der Waals surface area contributed by atoms with Crippen molar-refractivity contribution in [3.8, 4) is 0 Å². The third-order valence-corrected chi connectivity index (χ3v) is 4.89. The van der Waals surface area contributed by atoms with E-state index in [2.05, 4.69) is 44.6 Å². The third-order valence-electron chi connectivity index (χ3n) is 2.30. The highest BCUT2D eigenvalue weighted by molar-refractivity contribution is 9.10. The Kier molecular flexibility index (Phi) is 4.52. The van der Waals surface area contributed by atoms with Gasteiger partial charge in [-0.05, 0) is 28.4 Å². The lowest BCUT2D eigenvalue weighted by Crippen LogP contribution is -2.19. The first-order valence-corrected chi connectivity index (χ1v) is 7.70. The summed E-state index contributed by atoms with van der Waals surface area (Å²) in [5.41, 5.74) is 0. The minimum absolute atomic E-state index is 0.376. The molecule has 1 unspecified atom stereocenters. The third kappa shape index (κ3) is 3.13. The second-order valence-corrected chi connectivity index (χ2v) is 6.28. The Morgan fingerprint density at radius 3 is 2.94 bits per heavy atom. The number of nitrogens with one attached hydrogen (secondary N) is 1. The van der Waals surface area contributed by atoms with Gasteiger partial charge in [-0.25, -0.2) is 4.98 Å². The second-order valence-electron chi connectivity index (χ2n) is 3.44. The molecule has 2 aromatic heterocycles. The van der Waals surface area contributed by atoms with Crippen LogP contribution in [0.4, 0.5) is 0 Å². The van der Waals surface area contributed by atoms with E-state index in [1.54, 1.807) is 22.7 Å². The van der Waals surface area contributed by atoms with Crippen molar-refractivity contribution in [1.82, 2.24) is 10.3 Å². The van der Waals surface area contributed by atoms with Gasteiger partial charge < -0.3 is 5.32 Å². The van der Waals surface area contributed by atoms with Crippen LogP contribution in [0.15, 0.2) is 27.5 Å². The van der Waals surface area contributed by atoms with Crippen LogP contribution in [0.2, 0.25) is 0 Å². The topological polar surface area (TPSA) is 24.9 Å². The molecule has 2 aromatic rings. The molecule has 0 spiro atoms. The fourth-order valence-corrected chi connectivity index (χ4v) is 3.68. The summed E-state index contributed by atoms with van der Waals surface area (Å²) in [4.78, 5) is 5.70. The normalized spacial score (nSPS) is 12.9. The van der Waals surface area contributed by atoms with Crippen molar-refractivity contribution < 1.29 is 0 Å². The van der Waals surface area contributed by atoms with E-state index >= 15 is 0 Å². The van der Waals surface area contributed by atoms with Crippen molar-refractivity contribution in [3.05, 3.63) is 37.4 Å². The average Bonchev–Trinajstić information content (AvgIpc) is 2.91. The number of aromatic nitrogens is 1. The van der Waals surface area contributed by atoms with E-state index in [-0.39, 0.29) is 0 Å². The first-order valence-electron chi connectivity index (χ1n) is 5.15. The monoisotopic (exact) mass is 316 g/mol. The van der Waals surface area contributed by atoms with Crippen molar-refractivity contribution in [2.75, 3.05) is 0 Å². The van der Waals surface area contributed by atoms with Crippen molar-refractivity contribution in [1.29, 1.82) is 0 Å². The Morgan fingerprint density at radius 2 is 2.38 bits per heavy atom. The number of thiophene rings is 1. The standard InChI is InChI=1S/C11H13BrN2S2/c1-2-10(11-13-3-4-15-11)14-6-9-5-8(12)7-16-9/h3-5,7,10,14H,2,6H2,1H3. The molecule has 2 rings (SSSR count). The molecule has 0 aliphatic carbocycles. The lowest BCUT2D eigenvalue weighted by Gasteiger charge is -2.13. The molecular formula is C11H13BrN2S2. The number of thiazole rings is 1. The number of nitrogens with zero attached hydrogens (tertiary/aromatic N) is 1. The van der Waals surface area contributed by atoms with E-state index in [0.29, 0.717) is 6.04 Å². The van der Waals surface area contributed by atoms with Crippen LogP contribution in [0.5, 0.6) is 0 Å². The van der Waals surface area contributed by atoms with Crippen LogP contribution < -0.4 is 5.32 Å². The Bertz CT molecular complexity index is 425. The molecule has 0 amide bonds. The van der Waals surface area contributed by atoms with Gasteiger partial charge >= 0.3 is 0 Å². The highest BCUT2D eigenvalue weighted by Crippen LogP contribution is 2.22. The van der Waals surface area contributed by atoms with Crippen LogP contribution in [0, 0.1) is 0 Å². The fourth-order valence-electron chi connectivity index (χ4n) is 1.48. The Hall–Kier alpha value is -0.230. The lowest BCUT2D eigenvalue weighted by molar-refractivity contribution is 0.519. The quantitative estimate of drug-likeness (QED) is 0.893. The highest BCUT2D eigenvalue weighted by atomic mass is 79.9. The van der Waals surface area contributed by atoms with Gasteiger partial charge in [0.15, 0.2) is 0 Å². The van der Waals surface area contributed by atoms with E-state index < -0.39 is 0 Å². The molecule has 2 nitrogen and oxygen atoms in total. The van der Waals surface area contributed by atoms with E-state index in [0.717, 1.165) is 17.4 Å². The molecule has 0 saturated heterocycles. The Balaban J connectivity index is 1.93. The van der Waals surface area contributed by atoms with E-state index in [1.807, 2.05) is 11.6 Å². The minimum atomic E-state index is 0.376. The molecule has 0 saturated carbocycles. The number of rotatable bonds is 5. The molecule has 5 heteroatoms. The number of hydrogen-bond acceptors (Lipinski definition) is 4. The van der Waals surface area contributed by atoms with Crippen molar-refractivity contribution in [3.63, 3.8) is 0 Å². The molecule has 0 fully saturated rings. The predicted octanol–water partition coefficient (Wildman–Crippen LogP) is 4.21. The fraction of sp³-hybridized carbons (Fsp3) is 0.364. The smallest absolute Gasteiger partial charge is 0.109 e. The van der Waals surface area contributed by atoms with Gasteiger partial charge in [-0.1, -0.05) is 6.92 Å². The highest BCUT2D eigenvalue weighted by Gasteiger charge is 2.11. The minimum Gasteiger partial charge on any atom is -0.303 e. The summed E-state index contributed by atoms with van der Waals surface area (Å²) in [6.07, 6.45) is 2.94. The SMILES string of the molecule is CCC(NCc1cc(Br)cs1)c1nccs1. The maximum absolute atomic E-state index is 4.36. The zero-order valence-corrected chi connectivity index (χ0v) is 12.2. The number of hydrogen-bond donors (Lipinski definition) is 1. The Labute approximate surface area is 112 Å². The maximum atomic E-state index is 4.36. The molecule has 1 atom stereocenters. The zero-order valence-electron chi connectivity index (χ0n) is 8.94.